The molecule has 4 nitrogen and oxygen atoms in total. The molecule has 2 rings (SSSR count). The minimum atomic E-state index is -0.563. The number of aliphatic hydroxyl groups is 1. The zero-order valence-electron chi connectivity index (χ0n) is 11.0. The van der Waals surface area contributed by atoms with E-state index in [4.69, 9.17) is 4.74 Å². The molecule has 1 aliphatic heterocycles. The van der Waals surface area contributed by atoms with Crippen LogP contribution in [0.2, 0.25) is 0 Å². The normalized spacial score (nSPS) is 16.6. The lowest BCUT2D eigenvalue weighted by atomic mass is 9.80. The van der Waals surface area contributed by atoms with Gasteiger partial charge >= 0.3 is 0 Å². The molecule has 1 unspecified atom stereocenters. The lowest BCUT2D eigenvalue weighted by Crippen LogP contribution is -2.26. The SMILES string of the molecule is CCC(C)(C)C(O)c1ccc2c(c1)NC(=O)CO2. The number of fused-ring (bicyclic) bond motifs is 1. The molecular weight excluding hydrogens is 230 g/mol. The first-order valence-corrected chi connectivity index (χ1v) is 6.18. The maximum atomic E-state index is 11.3. The van der Waals surface area contributed by atoms with Crippen LogP contribution in [0.3, 0.4) is 0 Å². The van der Waals surface area contributed by atoms with Gasteiger partial charge in [-0.1, -0.05) is 26.8 Å². The van der Waals surface area contributed by atoms with E-state index in [1.807, 2.05) is 26.8 Å². The first kappa shape index (κ1) is 12.9. The Morgan fingerprint density at radius 2 is 2.22 bits per heavy atom. The van der Waals surface area contributed by atoms with Crippen LogP contribution in [0.25, 0.3) is 0 Å². The number of ether oxygens (including phenoxy) is 1. The minimum absolute atomic E-state index is 0.0509. The quantitative estimate of drug-likeness (QED) is 0.865. The fraction of sp³-hybridized carbons (Fsp3) is 0.500. The van der Waals surface area contributed by atoms with Crippen molar-refractivity contribution < 1.29 is 14.6 Å². The summed E-state index contributed by atoms with van der Waals surface area (Å²) in [7, 11) is 0. The molecule has 98 valence electrons. The highest BCUT2D eigenvalue weighted by Crippen LogP contribution is 2.39. The molecule has 1 aromatic rings. The Morgan fingerprint density at radius 3 is 2.89 bits per heavy atom. The molecule has 0 bridgehead atoms. The van der Waals surface area contributed by atoms with Crippen molar-refractivity contribution >= 4 is 11.6 Å². The van der Waals surface area contributed by atoms with Crippen molar-refractivity contribution in [1.29, 1.82) is 0 Å². The van der Waals surface area contributed by atoms with Crippen molar-refractivity contribution in [2.75, 3.05) is 11.9 Å². The van der Waals surface area contributed by atoms with Gasteiger partial charge in [0.05, 0.1) is 11.8 Å². The lowest BCUT2D eigenvalue weighted by molar-refractivity contribution is -0.118. The van der Waals surface area contributed by atoms with Crippen LogP contribution in [0.15, 0.2) is 18.2 Å². The van der Waals surface area contributed by atoms with E-state index in [1.165, 1.54) is 0 Å². The summed E-state index contributed by atoms with van der Waals surface area (Å²) >= 11 is 0. The van der Waals surface area contributed by atoms with Crippen molar-refractivity contribution in [3.05, 3.63) is 23.8 Å². The maximum Gasteiger partial charge on any atom is 0.262 e. The van der Waals surface area contributed by atoms with Gasteiger partial charge in [-0.05, 0) is 29.5 Å². The molecule has 2 N–H and O–H groups in total. The van der Waals surface area contributed by atoms with Crippen LogP contribution in [-0.2, 0) is 4.79 Å². The average Bonchev–Trinajstić information content (AvgIpc) is 2.36. The fourth-order valence-corrected chi connectivity index (χ4v) is 1.92. The number of carbonyl (C=O) groups excluding carboxylic acids is 1. The zero-order chi connectivity index (χ0) is 13.3. The van der Waals surface area contributed by atoms with E-state index in [0.717, 1.165) is 12.0 Å². The predicted octanol–water partition coefficient (Wildman–Crippen LogP) is 2.49. The van der Waals surface area contributed by atoms with Crippen molar-refractivity contribution in [3.8, 4) is 5.75 Å². The number of benzene rings is 1. The van der Waals surface area contributed by atoms with Gasteiger partial charge < -0.3 is 15.2 Å². The van der Waals surface area contributed by atoms with Crippen LogP contribution in [0.1, 0.15) is 38.9 Å². The third-order valence-electron chi connectivity index (χ3n) is 3.60. The maximum absolute atomic E-state index is 11.3. The number of hydrogen-bond donors (Lipinski definition) is 2. The Labute approximate surface area is 107 Å². The lowest BCUT2D eigenvalue weighted by Gasteiger charge is -2.30. The van der Waals surface area contributed by atoms with Gasteiger partial charge in [0.25, 0.3) is 5.91 Å². The van der Waals surface area contributed by atoms with Crippen LogP contribution >= 0.6 is 0 Å². The molecule has 1 aliphatic rings. The summed E-state index contributed by atoms with van der Waals surface area (Å²) in [4.78, 5) is 11.3. The van der Waals surface area contributed by atoms with Gasteiger partial charge in [-0.25, -0.2) is 0 Å². The third kappa shape index (κ3) is 2.34. The fourth-order valence-electron chi connectivity index (χ4n) is 1.92. The Kier molecular flexibility index (Phi) is 3.30. The van der Waals surface area contributed by atoms with E-state index in [-0.39, 0.29) is 17.9 Å². The summed E-state index contributed by atoms with van der Waals surface area (Å²) in [5.74, 6) is 0.490. The monoisotopic (exact) mass is 249 g/mol. The molecule has 1 aromatic carbocycles. The number of rotatable bonds is 3. The van der Waals surface area contributed by atoms with Crippen molar-refractivity contribution in [2.45, 2.75) is 33.3 Å². The molecule has 18 heavy (non-hydrogen) atoms. The average molecular weight is 249 g/mol. The number of nitrogens with one attached hydrogen (secondary N) is 1. The van der Waals surface area contributed by atoms with Crippen LogP contribution in [-0.4, -0.2) is 17.6 Å². The van der Waals surface area contributed by atoms with Gasteiger partial charge in [-0.2, -0.15) is 0 Å². The minimum Gasteiger partial charge on any atom is -0.482 e. The number of anilines is 1. The van der Waals surface area contributed by atoms with Crippen molar-refractivity contribution in [1.82, 2.24) is 0 Å². The first-order chi connectivity index (χ1) is 8.44. The number of aliphatic hydroxyl groups excluding tert-OH is 1. The summed E-state index contributed by atoms with van der Waals surface area (Å²) in [5.41, 5.74) is 1.23. The van der Waals surface area contributed by atoms with E-state index >= 15 is 0 Å². The highest BCUT2D eigenvalue weighted by molar-refractivity contribution is 5.95. The number of hydrogen-bond acceptors (Lipinski definition) is 3. The Hall–Kier alpha value is -1.55. The van der Waals surface area contributed by atoms with E-state index in [0.29, 0.717) is 11.4 Å². The first-order valence-electron chi connectivity index (χ1n) is 6.18. The number of amides is 1. The standard InChI is InChI=1S/C14H19NO3/c1-4-14(2,3)13(17)9-5-6-11-10(7-9)15-12(16)8-18-11/h5-7,13,17H,4,8H2,1-3H3,(H,15,16). The van der Waals surface area contributed by atoms with Gasteiger partial charge in [0.1, 0.15) is 5.75 Å². The predicted molar refractivity (Wildman–Crippen MR) is 69.6 cm³/mol. The van der Waals surface area contributed by atoms with Crippen molar-refractivity contribution in [3.63, 3.8) is 0 Å². The molecule has 0 radical (unpaired) electrons. The highest BCUT2D eigenvalue weighted by atomic mass is 16.5. The van der Waals surface area contributed by atoms with E-state index in [2.05, 4.69) is 5.32 Å². The molecule has 0 aliphatic carbocycles. The van der Waals surface area contributed by atoms with Gasteiger partial charge in [-0.15, -0.1) is 0 Å². The van der Waals surface area contributed by atoms with Crippen LogP contribution in [0.4, 0.5) is 5.69 Å². The second-order valence-electron chi connectivity index (χ2n) is 5.34. The molecule has 4 heteroatoms. The zero-order valence-corrected chi connectivity index (χ0v) is 11.0. The van der Waals surface area contributed by atoms with Gasteiger partial charge in [0, 0.05) is 0 Å². The van der Waals surface area contributed by atoms with Crippen LogP contribution in [0, 0.1) is 5.41 Å². The smallest absolute Gasteiger partial charge is 0.262 e. The summed E-state index contributed by atoms with van der Waals surface area (Å²) < 4.78 is 5.29. The molecular formula is C14H19NO3. The highest BCUT2D eigenvalue weighted by Gasteiger charge is 2.28. The number of carbonyl (C=O) groups is 1. The largest absolute Gasteiger partial charge is 0.482 e. The van der Waals surface area contributed by atoms with Gasteiger partial charge in [-0.3, -0.25) is 4.79 Å². The molecule has 0 aromatic heterocycles. The topological polar surface area (TPSA) is 58.6 Å². The molecule has 0 saturated heterocycles. The summed E-state index contributed by atoms with van der Waals surface area (Å²) in [6, 6.07) is 5.42. The Bertz CT molecular complexity index is 468. The molecule has 1 amide bonds. The Morgan fingerprint density at radius 1 is 1.50 bits per heavy atom. The van der Waals surface area contributed by atoms with Crippen LogP contribution < -0.4 is 10.1 Å². The van der Waals surface area contributed by atoms with Gasteiger partial charge in [0.2, 0.25) is 0 Å². The molecule has 0 fully saturated rings. The second kappa shape index (κ2) is 4.61. The summed E-state index contributed by atoms with van der Waals surface area (Å²) in [6.07, 6.45) is 0.306. The van der Waals surface area contributed by atoms with E-state index in [1.54, 1.807) is 12.1 Å². The molecule has 0 saturated carbocycles. The third-order valence-corrected chi connectivity index (χ3v) is 3.60. The van der Waals surface area contributed by atoms with Crippen LogP contribution in [0.5, 0.6) is 5.75 Å². The molecule has 1 heterocycles. The van der Waals surface area contributed by atoms with Crippen molar-refractivity contribution in [2.24, 2.45) is 5.41 Å². The molecule has 0 spiro atoms. The second-order valence-corrected chi connectivity index (χ2v) is 5.34. The van der Waals surface area contributed by atoms with E-state index in [9.17, 15) is 9.90 Å². The van der Waals surface area contributed by atoms with E-state index < -0.39 is 6.10 Å². The summed E-state index contributed by atoms with van der Waals surface area (Å²) in [6.45, 7) is 6.14. The van der Waals surface area contributed by atoms with Gasteiger partial charge in [0.15, 0.2) is 6.61 Å². The molecule has 1 atom stereocenters. The Balaban J connectivity index is 2.31. The summed E-state index contributed by atoms with van der Waals surface area (Å²) in [5, 5.41) is 13.1.